The first kappa shape index (κ1) is 17.4. The molecule has 1 heterocycles. The lowest BCUT2D eigenvalue weighted by atomic mass is 10.2. The van der Waals surface area contributed by atoms with Gasteiger partial charge < -0.3 is 9.30 Å². The lowest BCUT2D eigenvalue weighted by molar-refractivity contribution is 0.318. The molecule has 0 aliphatic heterocycles. The maximum Gasteiger partial charge on any atom is 0.191 e. The van der Waals surface area contributed by atoms with Gasteiger partial charge in [-0.25, -0.2) is 8.78 Å². The molecular formula is C18H17F2N3OS. The second-order valence-electron chi connectivity index (χ2n) is 5.38. The molecule has 0 aliphatic rings. The SMILES string of the molecule is Cn1c(SCCCOc2ccc(F)cc2)nnc1-c1ccc(F)cc1. The second kappa shape index (κ2) is 8.11. The fourth-order valence-electron chi connectivity index (χ4n) is 2.23. The fraction of sp³-hybridized carbons (Fsp3) is 0.222. The zero-order chi connectivity index (χ0) is 17.6. The molecule has 0 spiro atoms. The van der Waals surface area contributed by atoms with Crippen molar-refractivity contribution >= 4 is 11.8 Å². The average Bonchev–Trinajstić information content (AvgIpc) is 2.98. The van der Waals surface area contributed by atoms with Crippen molar-refractivity contribution in [3.05, 3.63) is 60.2 Å². The number of halogens is 2. The smallest absolute Gasteiger partial charge is 0.191 e. The predicted molar refractivity (Wildman–Crippen MR) is 93.6 cm³/mol. The van der Waals surface area contributed by atoms with Gasteiger partial charge in [0.25, 0.3) is 0 Å². The second-order valence-corrected chi connectivity index (χ2v) is 6.44. The highest BCUT2D eigenvalue weighted by atomic mass is 32.2. The first-order valence-corrected chi connectivity index (χ1v) is 8.78. The molecule has 4 nitrogen and oxygen atoms in total. The Morgan fingerprint density at radius 1 is 0.960 bits per heavy atom. The van der Waals surface area contributed by atoms with Crippen LogP contribution in [0.2, 0.25) is 0 Å². The number of benzene rings is 2. The van der Waals surface area contributed by atoms with Crippen LogP contribution in [0, 0.1) is 11.6 Å². The minimum absolute atomic E-state index is 0.276. The van der Waals surface area contributed by atoms with E-state index < -0.39 is 0 Å². The molecule has 3 aromatic rings. The summed E-state index contributed by atoms with van der Waals surface area (Å²) in [7, 11) is 1.88. The quantitative estimate of drug-likeness (QED) is 0.464. The summed E-state index contributed by atoms with van der Waals surface area (Å²) in [5, 5.41) is 9.15. The average molecular weight is 361 g/mol. The number of thioether (sulfide) groups is 1. The summed E-state index contributed by atoms with van der Waals surface area (Å²) < 4.78 is 33.3. The monoisotopic (exact) mass is 361 g/mol. The van der Waals surface area contributed by atoms with Crippen molar-refractivity contribution in [3.63, 3.8) is 0 Å². The lowest BCUT2D eigenvalue weighted by Crippen LogP contribution is -2.00. The van der Waals surface area contributed by atoms with Crippen LogP contribution < -0.4 is 4.74 Å². The minimum Gasteiger partial charge on any atom is -0.494 e. The van der Waals surface area contributed by atoms with E-state index in [4.69, 9.17) is 4.74 Å². The summed E-state index contributed by atoms with van der Waals surface area (Å²) in [6.07, 6.45) is 0.820. The van der Waals surface area contributed by atoms with Crippen LogP contribution in [-0.4, -0.2) is 27.1 Å². The zero-order valence-electron chi connectivity index (χ0n) is 13.7. The molecule has 130 valence electrons. The van der Waals surface area contributed by atoms with Crippen LogP contribution in [0.1, 0.15) is 6.42 Å². The summed E-state index contributed by atoms with van der Waals surface area (Å²) in [5.74, 6) is 1.62. The topological polar surface area (TPSA) is 39.9 Å². The van der Waals surface area contributed by atoms with Gasteiger partial charge in [-0.05, 0) is 55.0 Å². The number of rotatable bonds is 7. The molecule has 0 unspecified atom stereocenters. The summed E-state index contributed by atoms with van der Waals surface area (Å²) in [6.45, 7) is 0.543. The van der Waals surface area contributed by atoms with Gasteiger partial charge in [-0.1, -0.05) is 11.8 Å². The van der Waals surface area contributed by atoms with Crippen molar-refractivity contribution in [1.29, 1.82) is 0 Å². The number of aromatic nitrogens is 3. The molecule has 3 rings (SSSR count). The number of ether oxygens (including phenoxy) is 1. The maximum atomic E-state index is 13.0. The van der Waals surface area contributed by atoms with E-state index in [9.17, 15) is 8.78 Å². The Hall–Kier alpha value is -2.41. The van der Waals surface area contributed by atoms with E-state index >= 15 is 0 Å². The Morgan fingerprint density at radius 2 is 1.60 bits per heavy atom. The van der Waals surface area contributed by atoms with Crippen molar-refractivity contribution < 1.29 is 13.5 Å². The number of hydrogen-bond donors (Lipinski definition) is 0. The molecule has 0 aliphatic carbocycles. The van der Waals surface area contributed by atoms with Gasteiger partial charge in [-0.15, -0.1) is 10.2 Å². The summed E-state index contributed by atoms with van der Waals surface area (Å²) >= 11 is 1.58. The molecule has 0 N–H and O–H groups in total. The van der Waals surface area contributed by atoms with E-state index in [1.54, 1.807) is 36.0 Å². The third-order valence-electron chi connectivity index (χ3n) is 3.54. The Labute approximate surface area is 148 Å². The van der Waals surface area contributed by atoms with Crippen LogP contribution >= 0.6 is 11.8 Å². The highest BCUT2D eigenvalue weighted by Crippen LogP contribution is 2.23. The zero-order valence-corrected chi connectivity index (χ0v) is 14.5. The van der Waals surface area contributed by atoms with Crippen LogP contribution in [0.15, 0.2) is 53.7 Å². The van der Waals surface area contributed by atoms with Gasteiger partial charge in [-0.3, -0.25) is 0 Å². The first-order chi connectivity index (χ1) is 12.1. The van der Waals surface area contributed by atoms with E-state index in [0.29, 0.717) is 18.2 Å². The number of nitrogens with zero attached hydrogens (tertiary/aromatic N) is 3. The van der Waals surface area contributed by atoms with Gasteiger partial charge in [0.2, 0.25) is 0 Å². The Balaban J connectivity index is 1.49. The molecule has 0 radical (unpaired) electrons. The Bertz CT molecular complexity index is 819. The van der Waals surface area contributed by atoms with E-state index in [2.05, 4.69) is 10.2 Å². The van der Waals surface area contributed by atoms with Crippen molar-refractivity contribution in [1.82, 2.24) is 14.8 Å². The molecule has 0 bridgehead atoms. The Morgan fingerprint density at radius 3 is 2.28 bits per heavy atom. The van der Waals surface area contributed by atoms with Gasteiger partial charge in [0.05, 0.1) is 6.61 Å². The van der Waals surface area contributed by atoms with Gasteiger partial charge in [0, 0.05) is 18.4 Å². The van der Waals surface area contributed by atoms with Gasteiger partial charge in [0.1, 0.15) is 17.4 Å². The summed E-state index contributed by atoms with van der Waals surface area (Å²) in [4.78, 5) is 0. The molecule has 0 atom stereocenters. The highest BCUT2D eigenvalue weighted by Gasteiger charge is 2.11. The molecule has 0 amide bonds. The molecule has 1 aromatic heterocycles. The highest BCUT2D eigenvalue weighted by molar-refractivity contribution is 7.99. The molecule has 0 saturated heterocycles. The third kappa shape index (κ3) is 4.57. The number of hydrogen-bond acceptors (Lipinski definition) is 4. The van der Waals surface area contributed by atoms with E-state index in [1.807, 2.05) is 11.6 Å². The first-order valence-electron chi connectivity index (χ1n) is 7.80. The van der Waals surface area contributed by atoms with Crippen LogP contribution in [-0.2, 0) is 7.05 Å². The van der Waals surface area contributed by atoms with Crippen LogP contribution in [0.5, 0.6) is 5.75 Å². The van der Waals surface area contributed by atoms with Gasteiger partial charge in [-0.2, -0.15) is 0 Å². The van der Waals surface area contributed by atoms with Crippen LogP contribution in [0.25, 0.3) is 11.4 Å². The largest absolute Gasteiger partial charge is 0.494 e. The van der Waals surface area contributed by atoms with Gasteiger partial charge >= 0.3 is 0 Å². The van der Waals surface area contributed by atoms with E-state index in [0.717, 1.165) is 22.9 Å². The molecular weight excluding hydrogens is 344 g/mol. The lowest BCUT2D eigenvalue weighted by Gasteiger charge is -2.06. The van der Waals surface area contributed by atoms with Crippen molar-refractivity contribution in [2.24, 2.45) is 7.05 Å². The van der Waals surface area contributed by atoms with Crippen molar-refractivity contribution in [3.8, 4) is 17.1 Å². The molecule has 0 saturated carbocycles. The summed E-state index contributed by atoms with van der Waals surface area (Å²) in [6, 6.07) is 12.2. The maximum absolute atomic E-state index is 13.0. The third-order valence-corrected chi connectivity index (χ3v) is 4.65. The van der Waals surface area contributed by atoms with Crippen LogP contribution in [0.4, 0.5) is 8.78 Å². The predicted octanol–water partition coefficient (Wildman–Crippen LogP) is 4.32. The Kier molecular flexibility index (Phi) is 5.65. The molecule has 0 fully saturated rings. The fourth-order valence-corrected chi connectivity index (χ4v) is 3.06. The van der Waals surface area contributed by atoms with E-state index in [-0.39, 0.29) is 11.6 Å². The standard InChI is InChI=1S/C18H17F2N3OS/c1-23-17(13-3-5-14(19)6-4-13)21-22-18(23)25-12-2-11-24-16-9-7-15(20)8-10-16/h3-10H,2,11-12H2,1H3. The van der Waals surface area contributed by atoms with E-state index in [1.165, 1.54) is 24.3 Å². The van der Waals surface area contributed by atoms with Gasteiger partial charge in [0.15, 0.2) is 11.0 Å². The normalized spacial score (nSPS) is 10.8. The van der Waals surface area contributed by atoms with Crippen molar-refractivity contribution in [2.45, 2.75) is 11.6 Å². The van der Waals surface area contributed by atoms with Crippen LogP contribution in [0.3, 0.4) is 0 Å². The summed E-state index contributed by atoms with van der Waals surface area (Å²) in [5.41, 5.74) is 0.822. The molecule has 2 aromatic carbocycles. The molecule has 7 heteroatoms. The van der Waals surface area contributed by atoms with Crippen molar-refractivity contribution in [2.75, 3.05) is 12.4 Å². The minimum atomic E-state index is -0.276. The molecule has 25 heavy (non-hydrogen) atoms.